The van der Waals surface area contributed by atoms with E-state index in [1.807, 2.05) is 7.05 Å². The van der Waals surface area contributed by atoms with Gasteiger partial charge in [0.05, 0.1) is 0 Å². The SMILES string of the molecule is CC(CN(C)N)N1CCC(F)C1. The molecule has 0 saturated carbocycles. The van der Waals surface area contributed by atoms with E-state index in [0.717, 1.165) is 13.1 Å². The quantitative estimate of drug-likeness (QED) is 0.492. The van der Waals surface area contributed by atoms with Crippen molar-refractivity contribution in [1.29, 1.82) is 0 Å². The van der Waals surface area contributed by atoms with Gasteiger partial charge in [-0.1, -0.05) is 0 Å². The van der Waals surface area contributed by atoms with Crippen molar-refractivity contribution in [1.82, 2.24) is 9.91 Å². The first-order valence-electron chi connectivity index (χ1n) is 4.43. The molecule has 0 spiro atoms. The molecular formula is C8H18FN3. The predicted molar refractivity (Wildman–Crippen MR) is 47.4 cm³/mol. The smallest absolute Gasteiger partial charge is 0.114 e. The molecule has 0 bridgehead atoms. The fourth-order valence-corrected chi connectivity index (χ4v) is 1.68. The maximum absolute atomic E-state index is 12.8. The van der Waals surface area contributed by atoms with Crippen molar-refractivity contribution in [3.05, 3.63) is 0 Å². The number of hydrogen-bond donors (Lipinski definition) is 1. The van der Waals surface area contributed by atoms with Crippen LogP contribution < -0.4 is 5.84 Å². The highest BCUT2D eigenvalue weighted by molar-refractivity contribution is 4.79. The van der Waals surface area contributed by atoms with Crippen molar-refractivity contribution in [2.75, 3.05) is 26.7 Å². The minimum Gasteiger partial charge on any atom is -0.296 e. The number of alkyl halides is 1. The van der Waals surface area contributed by atoms with Crippen molar-refractivity contribution >= 4 is 0 Å². The van der Waals surface area contributed by atoms with E-state index in [0.29, 0.717) is 19.0 Å². The lowest BCUT2D eigenvalue weighted by molar-refractivity contribution is 0.182. The third kappa shape index (κ3) is 2.69. The minimum atomic E-state index is -0.629. The lowest BCUT2D eigenvalue weighted by atomic mass is 10.3. The number of halogens is 1. The first-order chi connectivity index (χ1) is 5.59. The Hall–Kier alpha value is -0.190. The summed E-state index contributed by atoms with van der Waals surface area (Å²) < 4.78 is 12.8. The third-order valence-corrected chi connectivity index (χ3v) is 2.34. The van der Waals surface area contributed by atoms with Gasteiger partial charge in [-0.2, -0.15) is 0 Å². The molecule has 2 N–H and O–H groups in total. The molecule has 0 aromatic heterocycles. The van der Waals surface area contributed by atoms with Crippen LogP contribution in [0.1, 0.15) is 13.3 Å². The number of hydrazine groups is 1. The Kier molecular flexibility index (Phi) is 3.43. The summed E-state index contributed by atoms with van der Waals surface area (Å²) in [6, 6.07) is 0.362. The standard InChI is InChI=1S/C8H18FN3/c1-7(5-11(2)10)12-4-3-8(9)6-12/h7-8H,3-6,10H2,1-2H3. The van der Waals surface area contributed by atoms with E-state index in [9.17, 15) is 4.39 Å². The van der Waals surface area contributed by atoms with Crippen LogP contribution in [0.5, 0.6) is 0 Å². The molecule has 1 fully saturated rings. The summed E-state index contributed by atoms with van der Waals surface area (Å²) in [5.74, 6) is 5.51. The molecule has 1 saturated heterocycles. The van der Waals surface area contributed by atoms with Crippen LogP contribution in [-0.2, 0) is 0 Å². The van der Waals surface area contributed by atoms with Crippen molar-refractivity contribution in [2.45, 2.75) is 25.6 Å². The highest BCUT2D eigenvalue weighted by atomic mass is 19.1. The van der Waals surface area contributed by atoms with E-state index in [-0.39, 0.29) is 0 Å². The van der Waals surface area contributed by atoms with Crippen molar-refractivity contribution in [3.8, 4) is 0 Å². The van der Waals surface area contributed by atoms with Gasteiger partial charge in [0.25, 0.3) is 0 Å². The highest BCUT2D eigenvalue weighted by Gasteiger charge is 2.25. The van der Waals surface area contributed by atoms with Gasteiger partial charge in [0, 0.05) is 32.7 Å². The average Bonchev–Trinajstić information content (AvgIpc) is 2.34. The van der Waals surface area contributed by atoms with Crippen LogP contribution in [-0.4, -0.2) is 48.8 Å². The average molecular weight is 175 g/mol. The van der Waals surface area contributed by atoms with Crippen LogP contribution in [0, 0.1) is 0 Å². The molecule has 1 rings (SSSR count). The number of nitrogens with zero attached hydrogens (tertiary/aromatic N) is 2. The Bertz CT molecular complexity index is 140. The van der Waals surface area contributed by atoms with E-state index in [4.69, 9.17) is 5.84 Å². The van der Waals surface area contributed by atoms with Crippen LogP contribution in [0.4, 0.5) is 4.39 Å². The molecule has 2 unspecified atom stereocenters. The van der Waals surface area contributed by atoms with Gasteiger partial charge in [-0.25, -0.2) is 9.40 Å². The number of rotatable bonds is 3. The predicted octanol–water partition coefficient (Wildman–Crippen LogP) is 0.224. The Morgan fingerprint density at radius 1 is 1.75 bits per heavy atom. The molecule has 4 heteroatoms. The number of hydrogen-bond acceptors (Lipinski definition) is 3. The summed E-state index contributed by atoms with van der Waals surface area (Å²) in [5, 5.41) is 1.65. The summed E-state index contributed by atoms with van der Waals surface area (Å²) in [7, 11) is 1.83. The summed E-state index contributed by atoms with van der Waals surface area (Å²) in [4.78, 5) is 2.15. The molecular weight excluding hydrogens is 157 g/mol. The van der Waals surface area contributed by atoms with E-state index in [1.165, 1.54) is 0 Å². The van der Waals surface area contributed by atoms with Gasteiger partial charge in [0.2, 0.25) is 0 Å². The van der Waals surface area contributed by atoms with Gasteiger partial charge in [0.15, 0.2) is 0 Å². The Morgan fingerprint density at radius 2 is 2.42 bits per heavy atom. The second kappa shape index (κ2) is 4.16. The van der Waals surface area contributed by atoms with Crippen LogP contribution in [0.2, 0.25) is 0 Å². The molecule has 3 nitrogen and oxygen atoms in total. The summed E-state index contributed by atoms with van der Waals surface area (Å²) in [6.45, 7) is 4.33. The zero-order valence-corrected chi connectivity index (χ0v) is 7.83. The van der Waals surface area contributed by atoms with Gasteiger partial charge in [-0.15, -0.1) is 0 Å². The molecule has 1 aliphatic rings. The topological polar surface area (TPSA) is 32.5 Å². The fourth-order valence-electron chi connectivity index (χ4n) is 1.68. The second-order valence-corrected chi connectivity index (χ2v) is 3.67. The van der Waals surface area contributed by atoms with Gasteiger partial charge >= 0.3 is 0 Å². The zero-order valence-electron chi connectivity index (χ0n) is 7.83. The van der Waals surface area contributed by atoms with Gasteiger partial charge in [-0.05, 0) is 13.3 Å². The lowest BCUT2D eigenvalue weighted by Gasteiger charge is -2.25. The maximum atomic E-state index is 12.8. The van der Waals surface area contributed by atoms with E-state index >= 15 is 0 Å². The molecule has 1 aliphatic heterocycles. The Morgan fingerprint density at radius 3 is 2.83 bits per heavy atom. The number of likely N-dealkylation sites (tertiary alicyclic amines) is 1. The van der Waals surface area contributed by atoms with Crippen molar-refractivity contribution in [3.63, 3.8) is 0 Å². The van der Waals surface area contributed by atoms with Crippen molar-refractivity contribution in [2.24, 2.45) is 5.84 Å². The van der Waals surface area contributed by atoms with Crippen LogP contribution in [0.15, 0.2) is 0 Å². The Balaban J connectivity index is 2.28. The van der Waals surface area contributed by atoms with Gasteiger partial charge < -0.3 is 0 Å². The van der Waals surface area contributed by atoms with E-state index in [1.54, 1.807) is 5.01 Å². The third-order valence-electron chi connectivity index (χ3n) is 2.34. The Labute approximate surface area is 73.3 Å². The normalized spacial score (nSPS) is 28.2. The molecule has 0 radical (unpaired) electrons. The second-order valence-electron chi connectivity index (χ2n) is 3.67. The molecule has 0 aliphatic carbocycles. The first kappa shape index (κ1) is 9.89. The number of nitrogens with two attached hydrogens (primary N) is 1. The van der Waals surface area contributed by atoms with Crippen LogP contribution in [0.25, 0.3) is 0 Å². The van der Waals surface area contributed by atoms with Gasteiger partial charge in [0.1, 0.15) is 6.17 Å². The molecule has 1 heterocycles. The zero-order chi connectivity index (χ0) is 9.14. The molecule has 0 aromatic rings. The molecule has 12 heavy (non-hydrogen) atoms. The largest absolute Gasteiger partial charge is 0.296 e. The summed E-state index contributed by atoms with van der Waals surface area (Å²) >= 11 is 0. The minimum absolute atomic E-state index is 0.362. The molecule has 0 aromatic carbocycles. The number of likely N-dealkylation sites (N-methyl/N-ethyl adjacent to an activating group) is 1. The fraction of sp³-hybridized carbons (Fsp3) is 1.00. The maximum Gasteiger partial charge on any atom is 0.114 e. The monoisotopic (exact) mass is 175 g/mol. The highest BCUT2D eigenvalue weighted by Crippen LogP contribution is 2.14. The molecule has 0 amide bonds. The van der Waals surface area contributed by atoms with Crippen LogP contribution >= 0.6 is 0 Å². The molecule has 72 valence electrons. The van der Waals surface area contributed by atoms with Crippen molar-refractivity contribution < 1.29 is 4.39 Å². The van der Waals surface area contributed by atoms with Crippen LogP contribution in [0.3, 0.4) is 0 Å². The van der Waals surface area contributed by atoms with Gasteiger partial charge in [-0.3, -0.25) is 10.7 Å². The van der Waals surface area contributed by atoms with E-state index in [2.05, 4.69) is 11.8 Å². The summed E-state index contributed by atoms with van der Waals surface area (Å²) in [5.41, 5.74) is 0. The lowest BCUT2D eigenvalue weighted by Crippen LogP contribution is -2.42. The summed E-state index contributed by atoms with van der Waals surface area (Å²) in [6.07, 6.45) is 0.0501. The molecule has 2 atom stereocenters. The van der Waals surface area contributed by atoms with E-state index < -0.39 is 6.17 Å². The first-order valence-corrected chi connectivity index (χ1v) is 4.43.